The second-order valence-electron chi connectivity index (χ2n) is 4.46. The lowest BCUT2D eigenvalue weighted by Crippen LogP contribution is -2.69. The summed E-state index contributed by atoms with van der Waals surface area (Å²) in [4.78, 5) is 18.1. The average molecular weight is 217 g/mol. The Hall–Kier alpha value is -1.42. The molecule has 1 N–H and O–H groups in total. The van der Waals surface area contributed by atoms with E-state index < -0.39 is 0 Å². The summed E-state index contributed by atoms with van der Waals surface area (Å²) in [7, 11) is 0. The summed E-state index contributed by atoms with van der Waals surface area (Å²) in [5.41, 5.74) is 0.749. The first-order valence-corrected chi connectivity index (χ1v) is 5.80. The minimum atomic E-state index is 0.146. The number of rotatable bonds is 1. The van der Waals surface area contributed by atoms with Crippen LogP contribution in [0.2, 0.25) is 0 Å². The summed E-state index contributed by atoms with van der Waals surface area (Å²) >= 11 is 0. The van der Waals surface area contributed by atoms with Gasteiger partial charge in [0.05, 0.1) is 0 Å². The molecular weight excluding hydrogens is 202 g/mol. The number of hydrogen-bond donors (Lipinski definition) is 1. The van der Waals surface area contributed by atoms with Gasteiger partial charge in [-0.1, -0.05) is 0 Å². The van der Waals surface area contributed by atoms with Crippen molar-refractivity contribution in [1.82, 2.24) is 15.2 Å². The van der Waals surface area contributed by atoms with Crippen molar-refractivity contribution in [3.8, 4) is 0 Å². The van der Waals surface area contributed by atoms with Gasteiger partial charge in [0, 0.05) is 36.6 Å². The molecule has 1 aromatic heterocycles. The molecule has 2 atom stereocenters. The minimum Gasteiger partial charge on any atom is -0.332 e. The number of likely N-dealkylation sites (tertiary alicyclic amines) is 1. The van der Waals surface area contributed by atoms with Gasteiger partial charge in [0.15, 0.2) is 0 Å². The first-order chi connectivity index (χ1) is 7.86. The highest BCUT2D eigenvalue weighted by Gasteiger charge is 2.42. The molecule has 16 heavy (non-hydrogen) atoms. The number of carbonyl (C=O) groups is 1. The van der Waals surface area contributed by atoms with Gasteiger partial charge in [-0.25, -0.2) is 0 Å². The Morgan fingerprint density at radius 1 is 1.44 bits per heavy atom. The Bertz CT molecular complexity index is 393. The summed E-state index contributed by atoms with van der Waals surface area (Å²) in [6.07, 6.45) is 5.64. The van der Waals surface area contributed by atoms with E-state index in [1.54, 1.807) is 24.5 Å². The van der Waals surface area contributed by atoms with Crippen LogP contribution < -0.4 is 5.32 Å². The van der Waals surface area contributed by atoms with Crippen LogP contribution in [0.3, 0.4) is 0 Å². The van der Waals surface area contributed by atoms with E-state index in [1.807, 2.05) is 4.90 Å². The zero-order chi connectivity index (χ0) is 11.0. The van der Waals surface area contributed by atoms with Crippen molar-refractivity contribution in [3.05, 3.63) is 30.1 Å². The van der Waals surface area contributed by atoms with Gasteiger partial charge >= 0.3 is 0 Å². The number of pyridine rings is 1. The Labute approximate surface area is 94.7 Å². The number of nitrogens with zero attached hydrogens (tertiary/aromatic N) is 2. The van der Waals surface area contributed by atoms with Crippen LogP contribution in [0.25, 0.3) is 0 Å². The number of aromatic nitrogens is 1. The van der Waals surface area contributed by atoms with E-state index in [-0.39, 0.29) is 5.91 Å². The molecule has 1 amide bonds. The summed E-state index contributed by atoms with van der Waals surface area (Å²) in [6.45, 7) is 1.95. The summed E-state index contributed by atoms with van der Waals surface area (Å²) in [5.74, 6) is 0.146. The number of piperidine rings is 1. The van der Waals surface area contributed by atoms with Crippen LogP contribution in [0.1, 0.15) is 23.2 Å². The zero-order valence-electron chi connectivity index (χ0n) is 9.10. The van der Waals surface area contributed by atoms with Crippen molar-refractivity contribution in [1.29, 1.82) is 0 Å². The highest BCUT2D eigenvalue weighted by molar-refractivity contribution is 5.95. The van der Waals surface area contributed by atoms with Gasteiger partial charge in [-0.05, 0) is 31.5 Å². The third kappa shape index (κ3) is 1.50. The van der Waals surface area contributed by atoms with Crippen LogP contribution in [0.5, 0.6) is 0 Å². The number of amides is 1. The Morgan fingerprint density at radius 3 is 3.00 bits per heavy atom. The molecular formula is C12H15N3O. The third-order valence-corrected chi connectivity index (χ3v) is 3.53. The van der Waals surface area contributed by atoms with Crippen LogP contribution >= 0.6 is 0 Å². The smallest absolute Gasteiger partial charge is 0.254 e. The van der Waals surface area contributed by atoms with Crippen molar-refractivity contribution in [2.24, 2.45) is 0 Å². The summed E-state index contributed by atoms with van der Waals surface area (Å²) in [6, 6.07) is 4.51. The van der Waals surface area contributed by atoms with E-state index in [0.717, 1.165) is 25.1 Å². The Morgan fingerprint density at radius 2 is 2.25 bits per heavy atom. The predicted octanol–water partition coefficient (Wildman–Crippen LogP) is 0.658. The Kier molecular flexibility index (Phi) is 2.36. The normalized spacial score (nSPS) is 28.1. The molecule has 0 bridgehead atoms. The molecule has 0 aliphatic carbocycles. The molecule has 2 fully saturated rings. The minimum absolute atomic E-state index is 0.146. The topological polar surface area (TPSA) is 45.2 Å². The third-order valence-electron chi connectivity index (χ3n) is 3.53. The molecule has 2 aliphatic heterocycles. The van der Waals surface area contributed by atoms with Gasteiger partial charge in [0.25, 0.3) is 5.91 Å². The first-order valence-electron chi connectivity index (χ1n) is 5.80. The molecule has 0 spiro atoms. The maximum absolute atomic E-state index is 12.2. The monoisotopic (exact) mass is 217 g/mol. The van der Waals surface area contributed by atoms with Crippen LogP contribution in [-0.2, 0) is 0 Å². The lowest BCUT2D eigenvalue weighted by Gasteiger charge is -2.51. The molecule has 4 heteroatoms. The standard InChI is InChI=1S/C12H15N3O/c16-12(9-3-6-13-7-4-9)15-8-10-11(15)2-1-5-14-10/h3-4,6-7,10-11,14H,1-2,5,8H2. The fourth-order valence-corrected chi connectivity index (χ4v) is 2.60. The number of fused-ring (bicyclic) bond motifs is 1. The van der Waals surface area contributed by atoms with Crippen molar-refractivity contribution in [3.63, 3.8) is 0 Å². The van der Waals surface area contributed by atoms with E-state index in [4.69, 9.17) is 0 Å². The Balaban J connectivity index is 1.73. The van der Waals surface area contributed by atoms with Gasteiger partial charge in [0.2, 0.25) is 0 Å². The quantitative estimate of drug-likeness (QED) is 0.751. The average Bonchev–Trinajstić information content (AvgIpc) is 2.32. The van der Waals surface area contributed by atoms with Crippen molar-refractivity contribution >= 4 is 5.91 Å². The fourth-order valence-electron chi connectivity index (χ4n) is 2.60. The van der Waals surface area contributed by atoms with Crippen LogP contribution in [0.4, 0.5) is 0 Å². The van der Waals surface area contributed by atoms with Gasteiger partial charge in [0.1, 0.15) is 0 Å². The molecule has 1 aromatic rings. The number of nitrogens with one attached hydrogen (secondary N) is 1. The molecule has 0 aromatic carbocycles. The molecule has 2 saturated heterocycles. The number of carbonyl (C=O) groups excluding carboxylic acids is 1. The van der Waals surface area contributed by atoms with Crippen LogP contribution in [0, 0.1) is 0 Å². The molecule has 2 unspecified atom stereocenters. The molecule has 0 radical (unpaired) electrons. The predicted molar refractivity (Wildman–Crippen MR) is 60.1 cm³/mol. The first kappa shape index (κ1) is 9.78. The fraction of sp³-hybridized carbons (Fsp3) is 0.500. The van der Waals surface area contributed by atoms with E-state index in [0.29, 0.717) is 12.1 Å². The number of hydrogen-bond acceptors (Lipinski definition) is 3. The lowest BCUT2D eigenvalue weighted by molar-refractivity contribution is 0.0174. The van der Waals surface area contributed by atoms with Crippen LogP contribution in [-0.4, -0.2) is 41.0 Å². The highest BCUT2D eigenvalue weighted by Crippen LogP contribution is 2.27. The second-order valence-corrected chi connectivity index (χ2v) is 4.46. The second kappa shape index (κ2) is 3.87. The van der Waals surface area contributed by atoms with Gasteiger partial charge in [-0.15, -0.1) is 0 Å². The van der Waals surface area contributed by atoms with Gasteiger partial charge in [-0.2, -0.15) is 0 Å². The van der Waals surface area contributed by atoms with Crippen molar-refractivity contribution < 1.29 is 4.79 Å². The van der Waals surface area contributed by atoms with Crippen LogP contribution in [0.15, 0.2) is 24.5 Å². The van der Waals surface area contributed by atoms with E-state index in [1.165, 1.54) is 6.42 Å². The highest BCUT2D eigenvalue weighted by atomic mass is 16.2. The van der Waals surface area contributed by atoms with Crippen molar-refractivity contribution in [2.45, 2.75) is 24.9 Å². The van der Waals surface area contributed by atoms with Crippen molar-refractivity contribution in [2.75, 3.05) is 13.1 Å². The molecule has 4 nitrogen and oxygen atoms in total. The van der Waals surface area contributed by atoms with E-state index in [2.05, 4.69) is 10.3 Å². The molecule has 3 heterocycles. The summed E-state index contributed by atoms with van der Waals surface area (Å²) < 4.78 is 0. The molecule has 0 saturated carbocycles. The molecule has 2 aliphatic rings. The maximum atomic E-state index is 12.2. The van der Waals surface area contributed by atoms with E-state index >= 15 is 0 Å². The lowest BCUT2D eigenvalue weighted by atomic mass is 9.88. The van der Waals surface area contributed by atoms with Gasteiger partial charge < -0.3 is 10.2 Å². The SMILES string of the molecule is O=C(c1ccncc1)N1CC2NCCCC21. The maximum Gasteiger partial charge on any atom is 0.254 e. The molecule has 84 valence electrons. The largest absolute Gasteiger partial charge is 0.332 e. The van der Waals surface area contributed by atoms with Gasteiger partial charge in [-0.3, -0.25) is 9.78 Å². The molecule has 3 rings (SSSR count). The summed E-state index contributed by atoms with van der Waals surface area (Å²) in [5, 5.41) is 3.45. The zero-order valence-corrected chi connectivity index (χ0v) is 9.10. The van der Waals surface area contributed by atoms with E-state index in [9.17, 15) is 4.79 Å².